The van der Waals surface area contributed by atoms with E-state index in [-0.39, 0.29) is 11.0 Å². The zero-order valence-electron chi connectivity index (χ0n) is 33.5. The molecule has 12 rings (SSSR count). The topological polar surface area (TPSA) is 13.1 Å². The fraction of sp³-hybridized carbons (Fsp3) is 0.107. The van der Waals surface area contributed by atoms with Gasteiger partial charge in [-0.15, -0.1) is 0 Å². The number of anilines is 3. The van der Waals surface area contributed by atoms with E-state index in [1.165, 1.54) is 82.3 Å². The van der Waals surface area contributed by atoms with Crippen molar-refractivity contribution in [3.63, 3.8) is 0 Å². The highest BCUT2D eigenvalue weighted by Gasteiger charge is 2.49. The van der Waals surface area contributed by atoms with Gasteiger partial charge in [-0.05, 0) is 107 Å². The minimum Gasteiger partial charge on any atom is -0.330 e. The van der Waals surface area contributed by atoms with Crippen LogP contribution in [0.5, 0.6) is 0 Å². The van der Waals surface area contributed by atoms with Gasteiger partial charge in [-0.25, -0.2) is 0 Å². The molecule has 0 fully saturated rings. The molecule has 1 atom stereocenters. The molecule has 0 saturated carbocycles. The zero-order valence-corrected chi connectivity index (χ0v) is 33.5. The number of fused-ring (bicyclic) bond motifs is 10. The Balaban J connectivity index is 1.03. The van der Waals surface area contributed by atoms with Crippen LogP contribution in [-0.4, -0.2) is 9.13 Å². The molecule has 1 unspecified atom stereocenters. The number of aromatic nitrogens is 2. The van der Waals surface area contributed by atoms with Gasteiger partial charge < -0.3 is 14.0 Å². The van der Waals surface area contributed by atoms with Crippen LogP contribution in [0, 0.1) is 0 Å². The molecule has 3 nitrogen and oxygen atoms in total. The summed E-state index contributed by atoms with van der Waals surface area (Å²) < 4.78 is 5.22. The summed E-state index contributed by atoms with van der Waals surface area (Å²) in [5, 5.41) is 7.73. The highest BCUT2D eigenvalue weighted by atomic mass is 15.1. The zero-order chi connectivity index (χ0) is 39.5. The molecule has 0 amide bonds. The Bertz CT molecular complexity index is 3380. The third-order valence-corrected chi connectivity index (χ3v) is 13.5. The monoisotopic (exact) mass is 757 g/mol. The van der Waals surface area contributed by atoms with E-state index in [1.807, 2.05) is 0 Å². The number of allylic oxidation sites excluding steroid dienone is 4. The first kappa shape index (κ1) is 34.0. The maximum absolute atomic E-state index is 2.72. The van der Waals surface area contributed by atoms with Crippen LogP contribution in [0.3, 0.4) is 0 Å². The predicted molar refractivity (Wildman–Crippen MR) is 250 cm³/mol. The molecule has 10 aromatic rings. The van der Waals surface area contributed by atoms with E-state index < -0.39 is 0 Å². The molecule has 59 heavy (non-hydrogen) atoms. The van der Waals surface area contributed by atoms with Crippen LogP contribution in [0.4, 0.5) is 17.1 Å². The summed E-state index contributed by atoms with van der Waals surface area (Å²) in [6, 6.07) is 66.8. The van der Waals surface area contributed by atoms with Gasteiger partial charge in [0, 0.05) is 61.6 Å². The fourth-order valence-electron chi connectivity index (χ4n) is 10.9. The third-order valence-electron chi connectivity index (χ3n) is 13.5. The summed E-state index contributed by atoms with van der Waals surface area (Å²) in [7, 11) is 0. The van der Waals surface area contributed by atoms with Crippen LogP contribution in [0.25, 0.3) is 65.6 Å². The highest BCUT2D eigenvalue weighted by molar-refractivity contribution is 6.27. The van der Waals surface area contributed by atoms with Gasteiger partial charge in [0.15, 0.2) is 0 Å². The number of benzene rings is 8. The van der Waals surface area contributed by atoms with Gasteiger partial charge in [0.25, 0.3) is 0 Å². The normalized spacial score (nSPS) is 17.1. The average Bonchev–Trinajstić information content (AvgIpc) is 3.80. The SMILES string of the molecule is CC1(C)C2=CC=C(c3ccc(N(c4ccccc4)c4ccc5ccccc5c4)cc3)CC2(C)n2c3ccccc3c3c4c(cc1c32)c1ccccc1n4-c1ccccc1. The summed E-state index contributed by atoms with van der Waals surface area (Å²) in [5.74, 6) is 0. The van der Waals surface area contributed by atoms with E-state index >= 15 is 0 Å². The van der Waals surface area contributed by atoms with Crippen molar-refractivity contribution in [2.45, 2.75) is 38.1 Å². The van der Waals surface area contributed by atoms with Gasteiger partial charge in [-0.1, -0.05) is 141 Å². The first-order valence-electron chi connectivity index (χ1n) is 20.8. The largest absolute Gasteiger partial charge is 0.330 e. The molecule has 2 aliphatic rings. The summed E-state index contributed by atoms with van der Waals surface area (Å²) >= 11 is 0. The Hall–Kier alpha value is -7.10. The van der Waals surface area contributed by atoms with Crippen molar-refractivity contribution in [2.75, 3.05) is 4.90 Å². The van der Waals surface area contributed by atoms with Crippen molar-refractivity contribution in [1.29, 1.82) is 0 Å². The number of nitrogens with zero attached hydrogens (tertiary/aromatic N) is 3. The van der Waals surface area contributed by atoms with Gasteiger partial charge in [0.2, 0.25) is 0 Å². The Labute approximate surface area is 344 Å². The quantitative estimate of drug-likeness (QED) is 0.170. The van der Waals surface area contributed by atoms with Crippen molar-refractivity contribution in [1.82, 2.24) is 9.13 Å². The Morgan fingerprint density at radius 3 is 1.90 bits per heavy atom. The van der Waals surface area contributed by atoms with Crippen LogP contribution < -0.4 is 4.90 Å². The standard InChI is InChI=1S/C56H43N3/c1-55(2)48-35-47-45-22-12-14-24-49(45)58(42-20-8-5-9-21-42)53(47)52-46-23-13-15-25-50(46)59(54(48)52)56(3)36-40(29-33-51(55)56)38-26-30-43(31-27-38)57(41-18-6-4-7-19-41)44-32-28-37-16-10-11-17-39(37)34-44/h4-35H,36H2,1-3H3. The van der Waals surface area contributed by atoms with Crippen molar-refractivity contribution in [3.8, 4) is 5.69 Å². The van der Waals surface area contributed by atoms with Crippen LogP contribution >= 0.6 is 0 Å². The molecule has 2 aromatic heterocycles. The lowest BCUT2D eigenvalue weighted by molar-refractivity contribution is 0.340. The second-order valence-electron chi connectivity index (χ2n) is 17.2. The summed E-state index contributed by atoms with van der Waals surface area (Å²) in [5.41, 5.74) is 14.7. The second kappa shape index (κ2) is 12.4. The van der Waals surface area contributed by atoms with E-state index in [0.717, 1.165) is 23.5 Å². The van der Waals surface area contributed by atoms with Crippen LogP contribution in [0.2, 0.25) is 0 Å². The third kappa shape index (κ3) is 4.82. The summed E-state index contributed by atoms with van der Waals surface area (Å²) in [4.78, 5) is 2.36. The van der Waals surface area contributed by atoms with Crippen molar-refractivity contribution < 1.29 is 0 Å². The number of hydrogen-bond acceptors (Lipinski definition) is 1. The van der Waals surface area contributed by atoms with Crippen LogP contribution in [0.15, 0.2) is 200 Å². The van der Waals surface area contributed by atoms with Gasteiger partial charge in [0.1, 0.15) is 0 Å². The van der Waals surface area contributed by atoms with Gasteiger partial charge in [0.05, 0.1) is 22.1 Å². The minimum absolute atomic E-state index is 0.205. The molecule has 3 heteroatoms. The molecule has 8 aromatic carbocycles. The lowest BCUT2D eigenvalue weighted by Crippen LogP contribution is -2.45. The van der Waals surface area contributed by atoms with Gasteiger partial charge in [-0.2, -0.15) is 0 Å². The molecular weight excluding hydrogens is 715 g/mol. The molecule has 0 bridgehead atoms. The smallest absolute Gasteiger partial charge is 0.0687 e. The van der Waals surface area contributed by atoms with Crippen molar-refractivity contribution in [2.24, 2.45) is 0 Å². The first-order chi connectivity index (χ1) is 28.9. The summed E-state index contributed by atoms with van der Waals surface area (Å²) in [6.07, 6.45) is 5.75. The Morgan fingerprint density at radius 2 is 1.12 bits per heavy atom. The fourth-order valence-corrected chi connectivity index (χ4v) is 10.9. The first-order valence-corrected chi connectivity index (χ1v) is 20.8. The lowest BCUT2D eigenvalue weighted by atomic mass is 9.63. The van der Waals surface area contributed by atoms with E-state index in [4.69, 9.17) is 0 Å². The van der Waals surface area contributed by atoms with E-state index in [0.29, 0.717) is 0 Å². The maximum atomic E-state index is 2.72. The Morgan fingerprint density at radius 1 is 0.492 bits per heavy atom. The maximum Gasteiger partial charge on any atom is 0.0687 e. The second-order valence-corrected chi connectivity index (χ2v) is 17.2. The Kier molecular flexibility index (Phi) is 7.17. The molecule has 0 saturated heterocycles. The highest BCUT2D eigenvalue weighted by Crippen LogP contribution is 2.58. The molecule has 282 valence electrons. The lowest BCUT2D eigenvalue weighted by Gasteiger charge is -2.49. The van der Waals surface area contributed by atoms with Gasteiger partial charge >= 0.3 is 0 Å². The summed E-state index contributed by atoms with van der Waals surface area (Å²) in [6.45, 7) is 7.40. The molecule has 0 N–H and O–H groups in total. The van der Waals surface area contributed by atoms with Crippen molar-refractivity contribution >= 4 is 77.0 Å². The average molecular weight is 758 g/mol. The van der Waals surface area contributed by atoms with E-state index in [9.17, 15) is 0 Å². The number of para-hydroxylation sites is 4. The number of hydrogen-bond donors (Lipinski definition) is 0. The van der Waals surface area contributed by atoms with Crippen LogP contribution in [0.1, 0.15) is 38.3 Å². The molecular formula is C56H43N3. The van der Waals surface area contributed by atoms with Gasteiger partial charge in [-0.3, -0.25) is 0 Å². The molecule has 1 aliphatic heterocycles. The predicted octanol–water partition coefficient (Wildman–Crippen LogP) is 14.9. The van der Waals surface area contributed by atoms with E-state index in [2.05, 4.69) is 229 Å². The molecule has 1 aliphatic carbocycles. The van der Waals surface area contributed by atoms with Crippen molar-refractivity contribution in [3.05, 3.63) is 211 Å². The minimum atomic E-state index is -0.293. The molecule has 3 heterocycles. The number of rotatable bonds is 5. The van der Waals surface area contributed by atoms with E-state index in [1.54, 1.807) is 0 Å². The molecule has 0 spiro atoms. The molecule has 0 radical (unpaired) electrons. The van der Waals surface area contributed by atoms with Crippen LogP contribution in [-0.2, 0) is 11.0 Å².